The van der Waals surface area contributed by atoms with Crippen LogP contribution in [0.3, 0.4) is 0 Å². The molecule has 0 aliphatic carbocycles. The Kier molecular flexibility index (Phi) is 5.55. The highest BCUT2D eigenvalue weighted by molar-refractivity contribution is 5.55. The highest BCUT2D eigenvalue weighted by Crippen LogP contribution is 2.40. The molecule has 0 radical (unpaired) electrons. The fraction of sp³-hybridized carbons (Fsp3) is 0.280. The van der Waals surface area contributed by atoms with Crippen molar-refractivity contribution in [2.45, 2.75) is 33.6 Å². The van der Waals surface area contributed by atoms with Gasteiger partial charge in [-0.15, -0.1) is 0 Å². The van der Waals surface area contributed by atoms with Crippen molar-refractivity contribution < 1.29 is 9.47 Å². The van der Waals surface area contributed by atoms with Gasteiger partial charge >= 0.3 is 0 Å². The Hall–Kier alpha value is -2.74. The lowest BCUT2D eigenvalue weighted by Gasteiger charge is -2.25. The average Bonchev–Trinajstić information content (AvgIpc) is 2.68. The molecule has 3 rings (SSSR count). The predicted molar refractivity (Wildman–Crippen MR) is 112 cm³/mol. The van der Waals surface area contributed by atoms with Crippen molar-refractivity contribution in [3.05, 3.63) is 93.5 Å². The number of benzene rings is 3. The molecular weight excluding hydrogens is 332 g/mol. The molecule has 0 bridgehead atoms. The summed E-state index contributed by atoms with van der Waals surface area (Å²) in [6, 6.07) is 19.2. The zero-order valence-corrected chi connectivity index (χ0v) is 17.1. The lowest BCUT2D eigenvalue weighted by Crippen LogP contribution is -2.09. The van der Waals surface area contributed by atoms with E-state index >= 15 is 0 Å². The van der Waals surface area contributed by atoms with Gasteiger partial charge in [-0.05, 0) is 90.9 Å². The molecule has 0 aliphatic heterocycles. The molecule has 0 amide bonds. The monoisotopic (exact) mass is 360 g/mol. The molecule has 140 valence electrons. The minimum Gasteiger partial charge on any atom is -0.497 e. The molecule has 27 heavy (non-hydrogen) atoms. The molecule has 0 unspecified atom stereocenters. The third-order valence-corrected chi connectivity index (χ3v) is 5.59. The van der Waals surface area contributed by atoms with E-state index in [1.54, 1.807) is 14.2 Å². The molecule has 2 nitrogen and oxygen atoms in total. The summed E-state index contributed by atoms with van der Waals surface area (Å²) in [5.74, 6) is 1.91. The summed E-state index contributed by atoms with van der Waals surface area (Å²) in [6.07, 6.45) is 0. The fourth-order valence-corrected chi connectivity index (χ4v) is 3.71. The van der Waals surface area contributed by atoms with Crippen LogP contribution in [0.1, 0.15) is 44.9 Å². The number of methoxy groups -OCH3 is 2. The first-order chi connectivity index (χ1) is 13.0. The Labute approximate surface area is 162 Å². The molecule has 3 aromatic rings. The number of ether oxygens (including phenoxy) is 2. The van der Waals surface area contributed by atoms with Gasteiger partial charge in [0.05, 0.1) is 14.2 Å². The quantitative estimate of drug-likeness (QED) is 0.511. The van der Waals surface area contributed by atoms with Gasteiger partial charge in [-0.25, -0.2) is 0 Å². The number of aryl methyl sites for hydroxylation is 2. The molecule has 0 saturated carbocycles. The van der Waals surface area contributed by atoms with Crippen LogP contribution in [0.5, 0.6) is 11.5 Å². The summed E-state index contributed by atoms with van der Waals surface area (Å²) in [7, 11) is 3.46. The molecule has 0 atom stereocenters. The van der Waals surface area contributed by atoms with E-state index in [1.165, 1.54) is 38.9 Å². The zero-order valence-electron chi connectivity index (χ0n) is 17.1. The van der Waals surface area contributed by atoms with E-state index in [1.807, 2.05) is 0 Å². The van der Waals surface area contributed by atoms with E-state index in [0.717, 1.165) is 11.5 Å². The normalized spacial score (nSPS) is 10.9. The van der Waals surface area contributed by atoms with Crippen molar-refractivity contribution in [3.63, 3.8) is 0 Å². The van der Waals surface area contributed by atoms with Crippen molar-refractivity contribution >= 4 is 0 Å². The second-order valence-electron chi connectivity index (χ2n) is 7.16. The van der Waals surface area contributed by atoms with Gasteiger partial charge in [0, 0.05) is 5.92 Å². The van der Waals surface area contributed by atoms with Crippen LogP contribution in [0, 0.1) is 27.7 Å². The molecule has 0 fully saturated rings. The molecule has 0 spiro atoms. The van der Waals surface area contributed by atoms with Gasteiger partial charge in [-0.3, -0.25) is 0 Å². The summed E-state index contributed by atoms with van der Waals surface area (Å²) in [6.45, 7) is 8.69. The maximum atomic E-state index is 5.59. The molecule has 3 aromatic carbocycles. The molecule has 0 aliphatic rings. The van der Waals surface area contributed by atoms with Gasteiger partial charge < -0.3 is 9.47 Å². The summed E-state index contributed by atoms with van der Waals surface area (Å²) < 4.78 is 11.2. The second-order valence-corrected chi connectivity index (χ2v) is 7.16. The van der Waals surface area contributed by atoms with Gasteiger partial charge in [0.2, 0.25) is 0 Å². The Morgan fingerprint density at radius 3 is 1.48 bits per heavy atom. The first kappa shape index (κ1) is 19.0. The lowest BCUT2D eigenvalue weighted by molar-refractivity contribution is 0.413. The van der Waals surface area contributed by atoms with Gasteiger partial charge in [0.25, 0.3) is 0 Å². The van der Waals surface area contributed by atoms with Crippen molar-refractivity contribution in [1.29, 1.82) is 0 Å². The molecule has 0 N–H and O–H groups in total. The predicted octanol–water partition coefficient (Wildman–Crippen LogP) is 6.12. The third kappa shape index (κ3) is 3.71. The maximum Gasteiger partial charge on any atom is 0.119 e. The van der Waals surface area contributed by atoms with Crippen LogP contribution in [0.2, 0.25) is 0 Å². The van der Waals surface area contributed by atoms with Crippen LogP contribution in [0.25, 0.3) is 0 Å². The summed E-state index contributed by atoms with van der Waals surface area (Å²) in [5, 5.41) is 0. The van der Waals surface area contributed by atoms with Crippen LogP contribution in [0.4, 0.5) is 0 Å². The summed E-state index contributed by atoms with van der Waals surface area (Å²) in [5.41, 5.74) is 8.88. The lowest BCUT2D eigenvalue weighted by atomic mass is 9.79. The topological polar surface area (TPSA) is 18.5 Å². The molecule has 0 aromatic heterocycles. The first-order valence-electron chi connectivity index (χ1n) is 9.31. The Bertz CT molecular complexity index is 883. The van der Waals surface area contributed by atoms with E-state index in [-0.39, 0.29) is 5.92 Å². The molecule has 0 saturated heterocycles. The minimum absolute atomic E-state index is 0.119. The van der Waals surface area contributed by atoms with E-state index in [4.69, 9.17) is 9.47 Å². The van der Waals surface area contributed by atoms with Gasteiger partial charge in [-0.2, -0.15) is 0 Å². The second kappa shape index (κ2) is 7.87. The van der Waals surface area contributed by atoms with Crippen molar-refractivity contribution in [3.8, 4) is 11.5 Å². The largest absolute Gasteiger partial charge is 0.497 e. The van der Waals surface area contributed by atoms with Crippen molar-refractivity contribution in [2.24, 2.45) is 0 Å². The van der Waals surface area contributed by atoms with Crippen molar-refractivity contribution in [2.75, 3.05) is 14.2 Å². The van der Waals surface area contributed by atoms with E-state index in [2.05, 4.69) is 82.3 Å². The van der Waals surface area contributed by atoms with Gasteiger partial charge in [0.1, 0.15) is 11.5 Å². The minimum atomic E-state index is 0.119. The van der Waals surface area contributed by atoms with Crippen LogP contribution in [-0.4, -0.2) is 14.2 Å². The smallest absolute Gasteiger partial charge is 0.119 e. The van der Waals surface area contributed by atoms with E-state index < -0.39 is 0 Å². The fourth-order valence-electron chi connectivity index (χ4n) is 3.71. The number of hydrogen-bond donors (Lipinski definition) is 0. The number of hydrogen-bond acceptors (Lipinski definition) is 2. The SMILES string of the molecule is COc1cc(C)c(C)c(C(c2ccccc2)c2cc(OC)cc(C)c2C)c1. The van der Waals surface area contributed by atoms with Gasteiger partial charge in [-0.1, -0.05) is 30.3 Å². The Morgan fingerprint density at radius 2 is 1.07 bits per heavy atom. The Balaban J connectivity index is 2.33. The summed E-state index contributed by atoms with van der Waals surface area (Å²) >= 11 is 0. The highest BCUT2D eigenvalue weighted by Gasteiger charge is 2.23. The van der Waals surface area contributed by atoms with E-state index in [9.17, 15) is 0 Å². The zero-order chi connectivity index (χ0) is 19.6. The highest BCUT2D eigenvalue weighted by atomic mass is 16.5. The van der Waals surface area contributed by atoms with Crippen molar-refractivity contribution in [1.82, 2.24) is 0 Å². The van der Waals surface area contributed by atoms with Gasteiger partial charge in [0.15, 0.2) is 0 Å². The standard InChI is InChI=1S/C25H28O2/c1-16-12-21(26-5)14-23(18(16)3)25(20-10-8-7-9-11-20)24-15-22(27-6)13-17(2)19(24)4/h7-15,25H,1-6H3. The Morgan fingerprint density at radius 1 is 0.630 bits per heavy atom. The van der Waals surface area contributed by atoms with E-state index in [0.29, 0.717) is 0 Å². The molecule has 0 heterocycles. The first-order valence-corrected chi connectivity index (χ1v) is 9.31. The molecule has 2 heteroatoms. The van der Waals surface area contributed by atoms with Crippen LogP contribution < -0.4 is 9.47 Å². The van der Waals surface area contributed by atoms with Crippen LogP contribution in [-0.2, 0) is 0 Å². The van der Waals surface area contributed by atoms with Crippen LogP contribution >= 0.6 is 0 Å². The average molecular weight is 360 g/mol. The third-order valence-electron chi connectivity index (χ3n) is 5.59. The molecular formula is C25H28O2. The van der Waals surface area contributed by atoms with Crippen LogP contribution in [0.15, 0.2) is 54.6 Å². The number of rotatable bonds is 5. The maximum absolute atomic E-state index is 5.59. The summed E-state index contributed by atoms with van der Waals surface area (Å²) in [4.78, 5) is 0.